The van der Waals surface area contributed by atoms with Crippen molar-refractivity contribution in [1.82, 2.24) is 0 Å². The molecule has 0 atom stereocenters. The van der Waals surface area contributed by atoms with Crippen molar-refractivity contribution in [3.63, 3.8) is 0 Å². The van der Waals surface area contributed by atoms with E-state index in [1.165, 1.54) is 0 Å². The van der Waals surface area contributed by atoms with Crippen molar-refractivity contribution in [2.75, 3.05) is 0 Å². The Hall–Kier alpha value is -0.206. The third kappa shape index (κ3) is 73.1. The largest absolute Gasteiger partial charge is 0.481 e. The molecule has 0 amide bonds. The predicted molar refractivity (Wildman–Crippen MR) is 84.8 cm³/mol. The zero-order chi connectivity index (χ0) is 14.5. The Morgan fingerprint density at radius 1 is 0.789 bits per heavy atom. The maximum atomic E-state index is 9.37. The van der Waals surface area contributed by atoms with Gasteiger partial charge in [-0.1, -0.05) is 84.9 Å². The van der Waals surface area contributed by atoms with Crippen molar-refractivity contribution < 1.29 is 42.6 Å². The van der Waals surface area contributed by atoms with Crippen LogP contribution in [-0.4, -0.2) is 11.1 Å². The first-order valence-electron chi connectivity index (χ1n) is 6.49. The first-order chi connectivity index (χ1) is 8.27. The van der Waals surface area contributed by atoms with E-state index in [4.69, 9.17) is 5.11 Å². The van der Waals surface area contributed by atoms with Gasteiger partial charge in [-0.15, -0.1) is 0 Å². The predicted octanol–water partition coefficient (Wildman–Crippen LogP) is 5.69. The van der Waals surface area contributed by atoms with E-state index in [-0.39, 0.29) is 46.6 Å². The van der Waals surface area contributed by atoms with Crippen molar-refractivity contribution in [2.24, 2.45) is 0 Å². The van der Waals surface area contributed by atoms with Crippen molar-refractivity contribution in [2.45, 2.75) is 54.9 Å². The van der Waals surface area contributed by atoms with Crippen LogP contribution in [0.1, 0.15) is 54.9 Å². The number of hydrogen-bond acceptors (Lipinski definition) is 1. The van der Waals surface area contributed by atoms with Gasteiger partial charge in [0.2, 0.25) is 0 Å². The number of rotatable bonds is 1. The van der Waals surface area contributed by atoms with E-state index < -0.39 is 5.97 Å². The number of benzene rings is 1. The molecule has 0 saturated carbocycles. The van der Waals surface area contributed by atoms with Crippen LogP contribution in [0.15, 0.2) is 36.4 Å². The number of carboxylic acids is 1. The molecule has 0 aliphatic heterocycles. The van der Waals surface area contributed by atoms with E-state index in [2.05, 4.69) is 0 Å². The summed E-state index contributed by atoms with van der Waals surface area (Å²) in [5, 5.41) is 7.72. The van der Waals surface area contributed by atoms with E-state index in [9.17, 15) is 4.79 Å². The number of hydrogen-bond donors (Lipinski definition) is 1. The minimum absolute atomic E-state index is 0. The Labute approximate surface area is 146 Å². The molecule has 1 radical (unpaired) electrons. The minimum atomic E-state index is -0.745. The molecule has 0 saturated heterocycles. The fraction of sp³-hybridized carbons (Fsp3) is 0.500. The van der Waals surface area contributed by atoms with Gasteiger partial charge in [0.15, 0.2) is 0 Å². The normalized spacial score (nSPS) is 5.42. The summed E-state index contributed by atoms with van der Waals surface area (Å²) >= 11 is 0. The summed E-state index contributed by atoms with van der Waals surface area (Å²) in [7, 11) is 0. The zero-order valence-corrected chi connectivity index (χ0v) is 16.9. The molecule has 0 aliphatic carbocycles. The molecule has 19 heavy (non-hydrogen) atoms. The van der Waals surface area contributed by atoms with Crippen molar-refractivity contribution >= 4 is 5.97 Å². The van der Waals surface area contributed by atoms with Crippen LogP contribution in [0.4, 0.5) is 0 Å². The Morgan fingerprint density at radius 2 is 0.895 bits per heavy atom. The van der Waals surface area contributed by atoms with E-state index in [0.717, 1.165) is 0 Å². The molecule has 1 aromatic carbocycles. The molecular weight excluding hydrogens is 313 g/mol. The molecular formula is C16H33O2Y-. The topological polar surface area (TPSA) is 37.3 Å². The summed E-state index contributed by atoms with van der Waals surface area (Å²) in [4.78, 5) is 9.37. The summed E-state index contributed by atoms with van der Waals surface area (Å²) in [5.74, 6) is -0.745. The second-order valence-corrected chi connectivity index (χ2v) is 1.90. The van der Waals surface area contributed by atoms with E-state index in [1.807, 2.05) is 77.9 Å². The standard InChI is InChI=1S/C6H6.C3H6O2.3C2H6.CH3.Y/c1-2-4-6-5-3-1;1-2-3(4)5;3*1-2;;/h1-6H;2H2,1H3,(H,4,5);3*1-2H3;1H3;/q;;;;;-1;. The number of carbonyl (C=O) groups is 1. The average Bonchev–Trinajstić information content (AvgIpc) is 2.48. The molecule has 2 nitrogen and oxygen atoms in total. The third-order valence-corrected chi connectivity index (χ3v) is 0.969. The van der Waals surface area contributed by atoms with Crippen molar-refractivity contribution in [1.29, 1.82) is 0 Å². The molecule has 0 unspecified atom stereocenters. The molecule has 0 fully saturated rings. The zero-order valence-electron chi connectivity index (χ0n) is 14.1. The van der Waals surface area contributed by atoms with Gasteiger partial charge in [-0.3, -0.25) is 4.79 Å². The molecule has 1 N–H and O–H groups in total. The summed E-state index contributed by atoms with van der Waals surface area (Å²) in [5.41, 5.74) is 0. The summed E-state index contributed by atoms with van der Waals surface area (Å²) in [6.07, 6.45) is 0.222. The molecule has 0 bridgehead atoms. The maximum absolute atomic E-state index is 9.37. The molecule has 0 aliphatic rings. The molecule has 113 valence electrons. The molecule has 0 spiro atoms. The van der Waals surface area contributed by atoms with Gasteiger partial charge in [-0.05, 0) is 0 Å². The van der Waals surface area contributed by atoms with Crippen LogP contribution in [0.25, 0.3) is 0 Å². The monoisotopic (exact) mass is 346 g/mol. The smallest absolute Gasteiger partial charge is 0.303 e. The average molecular weight is 346 g/mol. The summed E-state index contributed by atoms with van der Waals surface area (Å²) < 4.78 is 0. The second kappa shape index (κ2) is 52.3. The maximum Gasteiger partial charge on any atom is 0.303 e. The fourth-order valence-corrected chi connectivity index (χ4v) is 0.385. The van der Waals surface area contributed by atoms with Gasteiger partial charge in [-0.2, -0.15) is 0 Å². The van der Waals surface area contributed by atoms with E-state index in [1.54, 1.807) is 6.92 Å². The molecule has 0 heterocycles. The third-order valence-electron chi connectivity index (χ3n) is 0.969. The molecule has 3 heteroatoms. The van der Waals surface area contributed by atoms with E-state index >= 15 is 0 Å². The Kier molecular flexibility index (Phi) is 100. The first kappa shape index (κ1) is 36.4. The Bertz CT molecular complexity index is 162. The Morgan fingerprint density at radius 3 is 0.947 bits per heavy atom. The van der Waals surface area contributed by atoms with Gasteiger partial charge >= 0.3 is 5.97 Å². The first-order valence-corrected chi connectivity index (χ1v) is 6.49. The van der Waals surface area contributed by atoms with Gasteiger partial charge < -0.3 is 12.5 Å². The quantitative estimate of drug-likeness (QED) is 0.663. The van der Waals surface area contributed by atoms with Gasteiger partial charge in [0.05, 0.1) is 0 Å². The van der Waals surface area contributed by atoms with Gasteiger partial charge in [0, 0.05) is 39.1 Å². The van der Waals surface area contributed by atoms with Gasteiger partial charge in [0.25, 0.3) is 0 Å². The fourth-order valence-electron chi connectivity index (χ4n) is 0.385. The number of carboxylic acid groups (broad SMARTS) is 1. The minimum Gasteiger partial charge on any atom is -0.481 e. The molecule has 0 aromatic heterocycles. The molecule has 1 rings (SSSR count). The molecule has 1 aromatic rings. The van der Waals surface area contributed by atoms with Gasteiger partial charge in [0.1, 0.15) is 0 Å². The van der Waals surface area contributed by atoms with Crippen LogP contribution < -0.4 is 0 Å². The van der Waals surface area contributed by atoms with E-state index in [0.29, 0.717) is 0 Å². The van der Waals surface area contributed by atoms with Crippen LogP contribution in [0.3, 0.4) is 0 Å². The van der Waals surface area contributed by atoms with Crippen LogP contribution in [0.2, 0.25) is 0 Å². The number of aliphatic carboxylic acids is 1. The second-order valence-electron chi connectivity index (χ2n) is 1.90. The van der Waals surface area contributed by atoms with Crippen LogP contribution in [0, 0.1) is 7.43 Å². The SMILES string of the molecule is CC.CC.CC.CCC(=O)O.[CH3-].[Y].c1ccccc1. The summed E-state index contributed by atoms with van der Waals surface area (Å²) in [6, 6.07) is 12.0. The van der Waals surface area contributed by atoms with Crippen LogP contribution in [0.5, 0.6) is 0 Å². The van der Waals surface area contributed by atoms with Crippen molar-refractivity contribution in [3.05, 3.63) is 43.8 Å². The Balaban J connectivity index is -0.0000000300. The van der Waals surface area contributed by atoms with Crippen LogP contribution in [-0.2, 0) is 37.5 Å². The summed E-state index contributed by atoms with van der Waals surface area (Å²) in [6.45, 7) is 13.6. The van der Waals surface area contributed by atoms with Crippen LogP contribution >= 0.6 is 0 Å². The van der Waals surface area contributed by atoms with Crippen molar-refractivity contribution in [3.8, 4) is 0 Å². The van der Waals surface area contributed by atoms with Gasteiger partial charge in [-0.25, -0.2) is 0 Å².